The zero-order valence-corrected chi connectivity index (χ0v) is 7.00. The molecule has 10 heavy (non-hydrogen) atoms. The first-order chi connectivity index (χ1) is 4.84. The van der Waals surface area contributed by atoms with Crippen molar-refractivity contribution in [1.29, 1.82) is 0 Å². The maximum Gasteiger partial charge on any atom is 0.103 e. The fourth-order valence-electron chi connectivity index (χ4n) is 0.828. The Morgan fingerprint density at radius 1 is 1.30 bits per heavy atom. The molecule has 0 fully saturated rings. The standard InChI is InChI=1S/C8H11OP/c1-2-10(9)8-6-4-3-5-7-8/h3-7,10H,2H2,1H3. The van der Waals surface area contributed by atoms with Gasteiger partial charge in [0.1, 0.15) is 7.80 Å². The molecular formula is C8H11OP. The summed E-state index contributed by atoms with van der Waals surface area (Å²) in [6.45, 7) is 1.95. The smallest absolute Gasteiger partial charge is 0.103 e. The lowest BCUT2D eigenvalue weighted by molar-refractivity contribution is 0.594. The molecule has 0 saturated heterocycles. The normalized spacial score (nSPS) is 12.9. The first-order valence-electron chi connectivity index (χ1n) is 3.43. The van der Waals surface area contributed by atoms with Gasteiger partial charge in [0.15, 0.2) is 0 Å². The summed E-state index contributed by atoms with van der Waals surface area (Å²) in [5.74, 6) is 0. The Morgan fingerprint density at radius 3 is 2.40 bits per heavy atom. The van der Waals surface area contributed by atoms with Gasteiger partial charge in [0.25, 0.3) is 0 Å². The lowest BCUT2D eigenvalue weighted by Gasteiger charge is -1.95. The molecule has 0 radical (unpaired) electrons. The van der Waals surface area contributed by atoms with Crippen LogP contribution in [0.4, 0.5) is 0 Å². The van der Waals surface area contributed by atoms with E-state index in [9.17, 15) is 4.57 Å². The summed E-state index contributed by atoms with van der Waals surface area (Å²) in [5, 5.41) is 0.995. The van der Waals surface area contributed by atoms with Gasteiger partial charge in [-0.3, -0.25) is 0 Å². The average Bonchev–Trinajstić information content (AvgIpc) is 2.05. The van der Waals surface area contributed by atoms with Crippen LogP contribution in [0.5, 0.6) is 0 Å². The lowest BCUT2D eigenvalue weighted by atomic mass is 10.4. The highest BCUT2D eigenvalue weighted by molar-refractivity contribution is 7.53. The molecule has 1 aromatic carbocycles. The van der Waals surface area contributed by atoms with E-state index in [0.717, 1.165) is 11.5 Å². The fraction of sp³-hybridized carbons (Fsp3) is 0.250. The van der Waals surface area contributed by atoms with Gasteiger partial charge in [-0.05, 0) is 6.16 Å². The van der Waals surface area contributed by atoms with Crippen LogP contribution in [0.15, 0.2) is 30.3 Å². The van der Waals surface area contributed by atoms with Crippen molar-refractivity contribution >= 4 is 13.1 Å². The highest BCUT2D eigenvalue weighted by Gasteiger charge is 1.96. The van der Waals surface area contributed by atoms with Crippen molar-refractivity contribution in [1.82, 2.24) is 0 Å². The van der Waals surface area contributed by atoms with Gasteiger partial charge in [0, 0.05) is 5.30 Å². The molecule has 0 aromatic heterocycles. The minimum atomic E-state index is -1.46. The zero-order valence-electron chi connectivity index (χ0n) is 6.00. The molecule has 1 atom stereocenters. The van der Waals surface area contributed by atoms with Crippen LogP contribution < -0.4 is 5.30 Å². The Balaban J connectivity index is 2.85. The zero-order chi connectivity index (χ0) is 7.40. The Labute approximate surface area is 61.9 Å². The van der Waals surface area contributed by atoms with Crippen LogP contribution in [0.25, 0.3) is 0 Å². The maximum atomic E-state index is 11.2. The van der Waals surface area contributed by atoms with E-state index < -0.39 is 7.80 Å². The van der Waals surface area contributed by atoms with Gasteiger partial charge in [-0.1, -0.05) is 37.3 Å². The molecule has 1 nitrogen and oxygen atoms in total. The number of hydrogen-bond acceptors (Lipinski definition) is 1. The van der Waals surface area contributed by atoms with Crippen LogP contribution in [0, 0.1) is 0 Å². The first kappa shape index (κ1) is 7.56. The summed E-state index contributed by atoms with van der Waals surface area (Å²) < 4.78 is 11.2. The molecule has 0 aliphatic heterocycles. The van der Waals surface area contributed by atoms with E-state index in [1.807, 2.05) is 37.3 Å². The Hall–Kier alpha value is -0.550. The predicted octanol–water partition coefficient (Wildman–Crippen LogP) is 1.89. The van der Waals surface area contributed by atoms with E-state index in [1.54, 1.807) is 0 Å². The molecule has 0 aliphatic carbocycles. The quantitative estimate of drug-likeness (QED) is 0.594. The third kappa shape index (κ3) is 1.71. The van der Waals surface area contributed by atoms with E-state index in [1.165, 1.54) is 0 Å². The van der Waals surface area contributed by atoms with Crippen LogP contribution >= 0.6 is 7.80 Å². The third-order valence-corrected chi connectivity index (χ3v) is 3.04. The average molecular weight is 154 g/mol. The summed E-state index contributed by atoms with van der Waals surface area (Å²) in [5.41, 5.74) is 0. The van der Waals surface area contributed by atoms with Gasteiger partial charge in [-0.15, -0.1) is 0 Å². The maximum absolute atomic E-state index is 11.2. The first-order valence-corrected chi connectivity index (χ1v) is 5.04. The molecule has 0 aliphatic rings. The second-order valence-corrected chi connectivity index (χ2v) is 4.27. The minimum absolute atomic E-state index is 0.772. The van der Waals surface area contributed by atoms with Crippen molar-refractivity contribution in [2.45, 2.75) is 6.92 Å². The summed E-state index contributed by atoms with van der Waals surface area (Å²) in [7, 11) is -1.46. The SMILES string of the molecule is CC[PH](=O)c1ccccc1. The largest absolute Gasteiger partial charge is 0.322 e. The van der Waals surface area contributed by atoms with Gasteiger partial charge < -0.3 is 4.57 Å². The topological polar surface area (TPSA) is 17.1 Å². The second kappa shape index (κ2) is 3.58. The van der Waals surface area contributed by atoms with Gasteiger partial charge >= 0.3 is 0 Å². The van der Waals surface area contributed by atoms with E-state index in [-0.39, 0.29) is 0 Å². The van der Waals surface area contributed by atoms with Crippen molar-refractivity contribution in [3.05, 3.63) is 30.3 Å². The molecule has 2 heteroatoms. The molecule has 0 bridgehead atoms. The van der Waals surface area contributed by atoms with Crippen LogP contribution in [0.1, 0.15) is 6.92 Å². The van der Waals surface area contributed by atoms with E-state index >= 15 is 0 Å². The number of benzene rings is 1. The predicted molar refractivity (Wildman–Crippen MR) is 45.6 cm³/mol. The van der Waals surface area contributed by atoms with E-state index in [0.29, 0.717) is 0 Å². The second-order valence-electron chi connectivity index (χ2n) is 2.14. The summed E-state index contributed by atoms with van der Waals surface area (Å²) in [4.78, 5) is 0. The van der Waals surface area contributed by atoms with Crippen molar-refractivity contribution in [2.75, 3.05) is 6.16 Å². The molecule has 54 valence electrons. The van der Waals surface area contributed by atoms with E-state index in [4.69, 9.17) is 0 Å². The molecule has 1 unspecified atom stereocenters. The molecule has 0 spiro atoms. The van der Waals surface area contributed by atoms with Gasteiger partial charge in [-0.25, -0.2) is 0 Å². The lowest BCUT2D eigenvalue weighted by Crippen LogP contribution is -1.94. The number of rotatable bonds is 2. The monoisotopic (exact) mass is 154 g/mol. The molecule has 0 N–H and O–H groups in total. The molecule has 0 amide bonds. The van der Waals surface area contributed by atoms with Crippen molar-refractivity contribution < 1.29 is 4.57 Å². The Morgan fingerprint density at radius 2 is 1.90 bits per heavy atom. The fourth-order valence-corrected chi connectivity index (χ4v) is 1.80. The molecule has 0 heterocycles. The van der Waals surface area contributed by atoms with Crippen LogP contribution in [0.3, 0.4) is 0 Å². The Kier molecular flexibility index (Phi) is 2.70. The minimum Gasteiger partial charge on any atom is -0.322 e. The highest BCUT2D eigenvalue weighted by Crippen LogP contribution is 2.17. The van der Waals surface area contributed by atoms with Crippen LogP contribution in [0.2, 0.25) is 0 Å². The van der Waals surface area contributed by atoms with Gasteiger partial charge in [0.05, 0.1) is 0 Å². The van der Waals surface area contributed by atoms with Crippen molar-refractivity contribution in [3.63, 3.8) is 0 Å². The van der Waals surface area contributed by atoms with Crippen molar-refractivity contribution in [2.24, 2.45) is 0 Å². The van der Waals surface area contributed by atoms with Gasteiger partial charge in [0.2, 0.25) is 0 Å². The van der Waals surface area contributed by atoms with Gasteiger partial charge in [-0.2, -0.15) is 0 Å². The number of hydrogen-bond donors (Lipinski definition) is 0. The molecule has 1 rings (SSSR count). The Bertz CT molecular complexity index is 218. The summed E-state index contributed by atoms with van der Waals surface area (Å²) in [6.07, 6.45) is 0.772. The summed E-state index contributed by atoms with van der Waals surface area (Å²) in [6, 6.07) is 9.63. The van der Waals surface area contributed by atoms with Crippen LogP contribution in [-0.4, -0.2) is 6.16 Å². The molecule has 1 aromatic rings. The highest BCUT2D eigenvalue weighted by atomic mass is 31.1. The van der Waals surface area contributed by atoms with E-state index in [2.05, 4.69) is 0 Å². The molecule has 0 saturated carbocycles. The van der Waals surface area contributed by atoms with Crippen LogP contribution in [-0.2, 0) is 4.57 Å². The van der Waals surface area contributed by atoms with Crippen molar-refractivity contribution in [3.8, 4) is 0 Å². The third-order valence-electron chi connectivity index (χ3n) is 1.42. The molecular weight excluding hydrogens is 143 g/mol. The summed E-state index contributed by atoms with van der Waals surface area (Å²) >= 11 is 0.